The maximum absolute atomic E-state index is 12.2. The van der Waals surface area contributed by atoms with E-state index in [2.05, 4.69) is 26.1 Å². The summed E-state index contributed by atoms with van der Waals surface area (Å²) in [6, 6.07) is 13.0. The molecule has 0 bridgehead atoms. The first-order chi connectivity index (χ1) is 11.2. The summed E-state index contributed by atoms with van der Waals surface area (Å²) in [4.78, 5) is 18.3. The van der Waals surface area contributed by atoms with Gasteiger partial charge in [-0.2, -0.15) is 4.98 Å². The zero-order chi connectivity index (χ0) is 15.8. The van der Waals surface area contributed by atoms with Gasteiger partial charge in [-0.3, -0.25) is 4.79 Å². The lowest BCUT2D eigenvalue weighted by atomic mass is 10.00. The van der Waals surface area contributed by atoms with Crippen LogP contribution in [0.4, 0.5) is 0 Å². The number of nitrogens with zero attached hydrogens (tertiary/aromatic N) is 3. The van der Waals surface area contributed by atoms with Gasteiger partial charge in [-0.15, -0.1) is 0 Å². The van der Waals surface area contributed by atoms with Crippen molar-refractivity contribution in [3.8, 4) is 11.4 Å². The smallest absolute Gasteiger partial charge is 0.289 e. The molecule has 3 heterocycles. The topological polar surface area (TPSA) is 72.4 Å². The summed E-state index contributed by atoms with van der Waals surface area (Å²) in [5.74, 6) is 1.40. The van der Waals surface area contributed by atoms with E-state index in [1.165, 1.54) is 0 Å². The molecule has 0 saturated carbocycles. The van der Waals surface area contributed by atoms with Crippen LogP contribution in [0.15, 0.2) is 56.1 Å². The summed E-state index contributed by atoms with van der Waals surface area (Å²) in [5.41, 5.74) is 0.912. The Bertz CT molecular complexity index is 837. The van der Waals surface area contributed by atoms with E-state index in [9.17, 15) is 4.79 Å². The van der Waals surface area contributed by atoms with Crippen LogP contribution in [0.5, 0.6) is 0 Å². The molecule has 0 spiro atoms. The summed E-state index contributed by atoms with van der Waals surface area (Å²) < 4.78 is 11.2. The normalized spacial score (nSPS) is 14.7. The number of aromatic nitrogens is 2. The van der Waals surface area contributed by atoms with Gasteiger partial charge in [0.1, 0.15) is 0 Å². The molecule has 6 nitrogen and oxygen atoms in total. The third-order valence-electron chi connectivity index (χ3n) is 3.78. The molecule has 1 aromatic carbocycles. The molecule has 1 fully saturated rings. The highest BCUT2D eigenvalue weighted by Crippen LogP contribution is 2.29. The Hall–Kier alpha value is -2.41. The predicted octanol–water partition coefficient (Wildman–Crippen LogP) is 3.33. The van der Waals surface area contributed by atoms with Gasteiger partial charge in [-0.05, 0) is 28.1 Å². The Labute approximate surface area is 140 Å². The van der Waals surface area contributed by atoms with E-state index in [0.717, 1.165) is 5.56 Å². The average molecular weight is 374 g/mol. The number of hydrogen-bond donors (Lipinski definition) is 0. The molecular weight excluding hydrogens is 362 g/mol. The molecule has 1 amide bonds. The summed E-state index contributed by atoms with van der Waals surface area (Å²) in [6.07, 6.45) is 0. The largest absolute Gasteiger partial charge is 0.444 e. The standard InChI is InChI=1S/C16H12BrN3O3/c17-13-7-6-12(22-13)16(21)20-8-11(9-20)15-18-14(19-23-15)10-4-2-1-3-5-10/h1-7,11H,8-9H2. The van der Waals surface area contributed by atoms with Crippen molar-refractivity contribution in [2.45, 2.75) is 5.92 Å². The second-order valence-corrected chi connectivity index (χ2v) is 6.11. The first kappa shape index (κ1) is 14.2. The van der Waals surface area contributed by atoms with Crippen molar-refractivity contribution in [3.05, 3.63) is 58.8 Å². The fraction of sp³-hybridized carbons (Fsp3) is 0.188. The number of amides is 1. The monoisotopic (exact) mass is 373 g/mol. The first-order valence-electron chi connectivity index (χ1n) is 7.14. The quantitative estimate of drug-likeness (QED) is 0.703. The van der Waals surface area contributed by atoms with Crippen LogP contribution in [0.25, 0.3) is 11.4 Å². The van der Waals surface area contributed by atoms with Gasteiger partial charge in [-0.1, -0.05) is 35.5 Å². The van der Waals surface area contributed by atoms with Crippen LogP contribution in [-0.4, -0.2) is 34.0 Å². The molecule has 23 heavy (non-hydrogen) atoms. The van der Waals surface area contributed by atoms with Crippen molar-refractivity contribution in [2.75, 3.05) is 13.1 Å². The van der Waals surface area contributed by atoms with E-state index < -0.39 is 0 Å². The van der Waals surface area contributed by atoms with Crippen LogP contribution in [0.3, 0.4) is 0 Å². The van der Waals surface area contributed by atoms with Crippen LogP contribution in [0.1, 0.15) is 22.4 Å². The third-order valence-corrected chi connectivity index (χ3v) is 4.20. The molecule has 0 aliphatic carbocycles. The van der Waals surface area contributed by atoms with Gasteiger partial charge in [0.2, 0.25) is 11.7 Å². The van der Waals surface area contributed by atoms with Gasteiger partial charge >= 0.3 is 0 Å². The zero-order valence-electron chi connectivity index (χ0n) is 12.0. The van der Waals surface area contributed by atoms with Crippen LogP contribution < -0.4 is 0 Å². The Morgan fingerprint density at radius 2 is 1.96 bits per heavy atom. The predicted molar refractivity (Wildman–Crippen MR) is 84.8 cm³/mol. The molecule has 7 heteroatoms. The summed E-state index contributed by atoms with van der Waals surface area (Å²) in [7, 11) is 0. The lowest BCUT2D eigenvalue weighted by Crippen LogP contribution is -2.48. The van der Waals surface area contributed by atoms with E-state index in [1.807, 2.05) is 30.3 Å². The molecule has 3 aromatic rings. The Balaban J connectivity index is 1.42. The van der Waals surface area contributed by atoms with Crippen LogP contribution in [0.2, 0.25) is 0 Å². The maximum atomic E-state index is 12.2. The van der Waals surface area contributed by atoms with Gasteiger partial charge < -0.3 is 13.8 Å². The van der Waals surface area contributed by atoms with Gasteiger partial charge in [-0.25, -0.2) is 0 Å². The number of carbonyl (C=O) groups is 1. The van der Waals surface area contributed by atoms with E-state index >= 15 is 0 Å². The molecule has 2 aromatic heterocycles. The molecule has 1 saturated heterocycles. The van der Waals surface area contributed by atoms with Gasteiger partial charge in [0, 0.05) is 18.7 Å². The van der Waals surface area contributed by atoms with Crippen LogP contribution >= 0.6 is 15.9 Å². The van der Waals surface area contributed by atoms with Crippen molar-refractivity contribution in [1.29, 1.82) is 0 Å². The molecule has 0 radical (unpaired) electrons. The number of likely N-dealkylation sites (tertiary alicyclic amines) is 1. The highest BCUT2D eigenvalue weighted by molar-refractivity contribution is 9.10. The van der Waals surface area contributed by atoms with Crippen molar-refractivity contribution in [1.82, 2.24) is 15.0 Å². The summed E-state index contributed by atoms with van der Waals surface area (Å²) in [5, 5.41) is 4.01. The fourth-order valence-electron chi connectivity index (χ4n) is 2.49. The highest BCUT2D eigenvalue weighted by Gasteiger charge is 2.37. The molecule has 0 atom stereocenters. The van der Waals surface area contributed by atoms with Crippen molar-refractivity contribution >= 4 is 21.8 Å². The minimum absolute atomic E-state index is 0.0716. The Kier molecular flexibility index (Phi) is 3.49. The minimum atomic E-state index is -0.130. The lowest BCUT2D eigenvalue weighted by molar-refractivity contribution is 0.0535. The van der Waals surface area contributed by atoms with Gasteiger partial charge in [0.25, 0.3) is 5.91 Å². The fourth-order valence-corrected chi connectivity index (χ4v) is 2.80. The molecule has 1 aliphatic heterocycles. The molecule has 0 N–H and O–H groups in total. The molecule has 116 valence electrons. The summed E-state index contributed by atoms with van der Waals surface area (Å²) >= 11 is 3.19. The highest BCUT2D eigenvalue weighted by atomic mass is 79.9. The van der Waals surface area contributed by atoms with Crippen LogP contribution in [-0.2, 0) is 0 Å². The third kappa shape index (κ3) is 2.68. The number of furan rings is 1. The number of rotatable bonds is 3. The average Bonchev–Trinajstić information content (AvgIpc) is 3.16. The lowest BCUT2D eigenvalue weighted by Gasteiger charge is -2.36. The van der Waals surface area contributed by atoms with Crippen molar-refractivity contribution in [3.63, 3.8) is 0 Å². The zero-order valence-corrected chi connectivity index (χ0v) is 13.6. The molecule has 1 aliphatic rings. The second-order valence-electron chi connectivity index (χ2n) is 5.33. The number of carbonyl (C=O) groups excluding carboxylic acids is 1. The molecular formula is C16H12BrN3O3. The molecule has 0 unspecified atom stereocenters. The van der Waals surface area contributed by atoms with Gasteiger partial charge in [0.05, 0.1) is 5.92 Å². The number of halogens is 1. The van der Waals surface area contributed by atoms with E-state index in [4.69, 9.17) is 8.94 Å². The summed E-state index contributed by atoms with van der Waals surface area (Å²) in [6.45, 7) is 1.10. The first-order valence-corrected chi connectivity index (χ1v) is 7.93. The minimum Gasteiger partial charge on any atom is -0.444 e. The van der Waals surface area contributed by atoms with Gasteiger partial charge in [0.15, 0.2) is 10.4 Å². The molecule has 4 rings (SSSR count). The van der Waals surface area contributed by atoms with Crippen molar-refractivity contribution < 1.29 is 13.7 Å². The second kappa shape index (κ2) is 5.66. The maximum Gasteiger partial charge on any atom is 0.289 e. The van der Waals surface area contributed by atoms with Crippen LogP contribution in [0, 0.1) is 0 Å². The SMILES string of the molecule is O=C(c1ccc(Br)o1)N1CC(c2nc(-c3ccccc3)no2)C1. The van der Waals surface area contributed by atoms with E-state index in [0.29, 0.717) is 35.2 Å². The Morgan fingerprint density at radius 3 is 2.65 bits per heavy atom. The van der Waals surface area contributed by atoms with Crippen molar-refractivity contribution in [2.24, 2.45) is 0 Å². The Morgan fingerprint density at radius 1 is 1.17 bits per heavy atom. The van der Waals surface area contributed by atoms with E-state index in [-0.39, 0.29) is 11.8 Å². The number of hydrogen-bond acceptors (Lipinski definition) is 5. The van der Waals surface area contributed by atoms with E-state index in [1.54, 1.807) is 17.0 Å². The number of benzene rings is 1.